The van der Waals surface area contributed by atoms with Crippen molar-refractivity contribution in [2.45, 2.75) is 60.0 Å². The lowest BCUT2D eigenvalue weighted by Crippen LogP contribution is -2.35. The molecule has 2 amide bonds. The van der Waals surface area contributed by atoms with Crippen LogP contribution >= 0.6 is 23.1 Å². The van der Waals surface area contributed by atoms with Gasteiger partial charge in [0.15, 0.2) is 0 Å². The third-order valence-electron chi connectivity index (χ3n) is 5.71. The summed E-state index contributed by atoms with van der Waals surface area (Å²) in [6, 6.07) is 9.29. The molecule has 0 bridgehead atoms. The molecule has 170 valence electrons. The quantitative estimate of drug-likeness (QED) is 0.386. The first-order chi connectivity index (χ1) is 15.1. The molecule has 0 radical (unpaired) electrons. The highest BCUT2D eigenvalue weighted by Gasteiger charge is 2.29. The average Bonchev–Trinajstić information content (AvgIpc) is 3.18. The number of carbonyl (C=O) groups is 2. The Morgan fingerprint density at radius 3 is 2.34 bits per heavy atom. The first-order valence-corrected chi connectivity index (χ1v) is 11.7. The zero-order valence-corrected chi connectivity index (χ0v) is 20.8. The van der Waals surface area contributed by atoms with Gasteiger partial charge in [-0.05, 0) is 69.9 Å². The number of aromatic nitrogens is 1. The fraction of sp³-hybridized carbons (Fsp3) is 0.375. The molecule has 0 aliphatic carbocycles. The molecule has 0 aliphatic heterocycles. The standard InChI is InChI=1S/C24H28ClN3O3S/c1-7-24(6,8-2)31-23(30)28(25)22-26-18-10-9-17(13-19(18)32-22)21(29)27-20-15(4)11-14(3)12-16(20)5/h9-13H,7-8H2,1-6H3,(H,27,29). The largest absolute Gasteiger partial charge is 0.442 e. The molecule has 1 N–H and O–H groups in total. The second-order valence-corrected chi connectivity index (χ2v) is 9.56. The van der Waals surface area contributed by atoms with E-state index in [4.69, 9.17) is 16.5 Å². The van der Waals surface area contributed by atoms with Gasteiger partial charge in [0.2, 0.25) is 5.13 Å². The van der Waals surface area contributed by atoms with E-state index in [1.807, 2.05) is 53.7 Å². The SMILES string of the molecule is CCC(C)(CC)OC(=O)N(Cl)c1nc2ccc(C(=O)Nc3c(C)cc(C)cc3C)cc2s1. The molecule has 0 spiro atoms. The molecule has 3 rings (SSSR count). The number of carbonyl (C=O) groups excluding carboxylic acids is 2. The number of nitrogens with one attached hydrogen (secondary N) is 1. The summed E-state index contributed by atoms with van der Waals surface area (Å²) in [7, 11) is 0. The van der Waals surface area contributed by atoms with Crippen LogP contribution in [0.5, 0.6) is 0 Å². The Balaban J connectivity index is 1.82. The van der Waals surface area contributed by atoms with Gasteiger partial charge in [-0.3, -0.25) is 4.79 Å². The Kier molecular flexibility index (Phi) is 7.10. The number of halogens is 1. The Morgan fingerprint density at radius 2 is 1.75 bits per heavy atom. The van der Waals surface area contributed by atoms with Gasteiger partial charge in [0, 0.05) is 23.0 Å². The summed E-state index contributed by atoms with van der Waals surface area (Å²) in [6.45, 7) is 11.8. The fourth-order valence-corrected chi connectivity index (χ4v) is 4.50. The normalized spacial score (nSPS) is 11.5. The minimum Gasteiger partial charge on any atom is -0.442 e. The molecule has 2 aromatic carbocycles. The maximum absolute atomic E-state index is 12.9. The molecule has 1 aromatic heterocycles. The summed E-state index contributed by atoms with van der Waals surface area (Å²) in [5.74, 6) is -0.208. The third-order valence-corrected chi connectivity index (χ3v) is 7.11. The van der Waals surface area contributed by atoms with Crippen LogP contribution in [0.1, 0.15) is 60.7 Å². The zero-order chi connectivity index (χ0) is 23.6. The van der Waals surface area contributed by atoms with Gasteiger partial charge in [0.25, 0.3) is 5.91 Å². The van der Waals surface area contributed by atoms with E-state index in [0.29, 0.717) is 29.1 Å². The van der Waals surface area contributed by atoms with Crippen LogP contribution in [0.2, 0.25) is 0 Å². The molecule has 8 heteroatoms. The Labute approximate surface area is 197 Å². The lowest BCUT2D eigenvalue weighted by Gasteiger charge is -2.27. The summed E-state index contributed by atoms with van der Waals surface area (Å²) in [6.07, 6.45) is 0.691. The van der Waals surface area contributed by atoms with Crippen LogP contribution in [0.25, 0.3) is 10.2 Å². The monoisotopic (exact) mass is 473 g/mol. The molecular weight excluding hydrogens is 446 g/mol. The lowest BCUT2D eigenvalue weighted by molar-refractivity contribution is 0.0259. The molecule has 0 atom stereocenters. The number of benzene rings is 2. The summed E-state index contributed by atoms with van der Waals surface area (Å²) < 4.78 is 7.21. The van der Waals surface area contributed by atoms with Crippen LogP contribution in [0.15, 0.2) is 30.3 Å². The summed E-state index contributed by atoms with van der Waals surface area (Å²) in [4.78, 5) is 29.8. The van der Waals surface area contributed by atoms with Gasteiger partial charge in [-0.2, -0.15) is 4.42 Å². The molecule has 0 unspecified atom stereocenters. The minimum atomic E-state index is -0.666. The van der Waals surface area contributed by atoms with Crippen LogP contribution in [0.4, 0.5) is 15.6 Å². The Morgan fingerprint density at radius 1 is 1.12 bits per heavy atom. The van der Waals surface area contributed by atoms with Gasteiger partial charge in [-0.15, -0.1) is 0 Å². The Bertz CT molecular complexity index is 1150. The fourth-order valence-electron chi connectivity index (χ4n) is 3.42. The number of hydrogen-bond acceptors (Lipinski definition) is 5. The minimum absolute atomic E-state index is 0.208. The summed E-state index contributed by atoms with van der Waals surface area (Å²) in [5.41, 5.74) is 4.56. The van der Waals surface area contributed by atoms with Crippen molar-refractivity contribution >= 4 is 56.1 Å². The number of nitrogens with zero attached hydrogens (tertiary/aromatic N) is 2. The number of hydrogen-bond donors (Lipinski definition) is 1. The van der Waals surface area contributed by atoms with Gasteiger partial charge in [-0.1, -0.05) is 42.9 Å². The van der Waals surface area contributed by atoms with Gasteiger partial charge >= 0.3 is 6.09 Å². The molecular formula is C24H28ClN3O3S. The molecule has 0 aliphatic rings. The second kappa shape index (κ2) is 9.46. The van der Waals surface area contributed by atoms with Crippen LogP contribution < -0.4 is 9.74 Å². The average molecular weight is 474 g/mol. The van der Waals surface area contributed by atoms with Gasteiger partial charge in [0.05, 0.1) is 10.2 Å². The van der Waals surface area contributed by atoms with Crippen molar-refractivity contribution < 1.29 is 14.3 Å². The number of aryl methyl sites for hydroxylation is 3. The van der Waals surface area contributed by atoms with Crippen molar-refractivity contribution in [2.24, 2.45) is 0 Å². The number of rotatable bonds is 6. The molecule has 0 saturated carbocycles. The molecule has 0 saturated heterocycles. The van der Waals surface area contributed by atoms with Crippen LogP contribution in [-0.4, -0.2) is 22.6 Å². The highest BCUT2D eigenvalue weighted by Crippen LogP contribution is 2.32. The predicted molar refractivity (Wildman–Crippen MR) is 132 cm³/mol. The zero-order valence-electron chi connectivity index (χ0n) is 19.2. The Hall–Kier alpha value is -2.64. The number of amides is 2. The van der Waals surface area contributed by atoms with Crippen molar-refractivity contribution in [2.75, 3.05) is 9.74 Å². The number of thiazole rings is 1. The first kappa shape index (κ1) is 24.0. The second-order valence-electron chi connectivity index (χ2n) is 8.21. The molecule has 6 nitrogen and oxygen atoms in total. The number of fused-ring (bicyclic) bond motifs is 1. The van der Waals surface area contributed by atoms with E-state index in [0.717, 1.165) is 31.5 Å². The van der Waals surface area contributed by atoms with Crippen molar-refractivity contribution in [1.29, 1.82) is 0 Å². The van der Waals surface area contributed by atoms with Gasteiger partial charge in [0.1, 0.15) is 5.60 Å². The van der Waals surface area contributed by atoms with Gasteiger partial charge < -0.3 is 10.1 Å². The maximum Gasteiger partial charge on any atom is 0.431 e. The maximum atomic E-state index is 12.9. The predicted octanol–water partition coefficient (Wildman–Crippen LogP) is 7.15. The van der Waals surface area contributed by atoms with Crippen LogP contribution in [0.3, 0.4) is 0 Å². The topological polar surface area (TPSA) is 71.5 Å². The highest BCUT2D eigenvalue weighted by molar-refractivity contribution is 7.22. The molecule has 0 fully saturated rings. The van der Waals surface area contributed by atoms with E-state index in [1.165, 1.54) is 11.3 Å². The van der Waals surface area contributed by atoms with Gasteiger partial charge in [-0.25, -0.2) is 9.78 Å². The van der Waals surface area contributed by atoms with E-state index in [2.05, 4.69) is 10.3 Å². The van der Waals surface area contributed by atoms with Crippen LogP contribution in [-0.2, 0) is 4.74 Å². The van der Waals surface area contributed by atoms with Crippen molar-refractivity contribution in [3.8, 4) is 0 Å². The third kappa shape index (κ3) is 5.05. The summed E-state index contributed by atoms with van der Waals surface area (Å²) >= 11 is 7.46. The van der Waals surface area contributed by atoms with Crippen molar-refractivity contribution in [3.05, 3.63) is 52.6 Å². The smallest absolute Gasteiger partial charge is 0.431 e. The van der Waals surface area contributed by atoms with Crippen molar-refractivity contribution in [1.82, 2.24) is 4.98 Å². The molecule has 1 heterocycles. The highest BCUT2D eigenvalue weighted by atomic mass is 35.5. The van der Waals surface area contributed by atoms with E-state index in [9.17, 15) is 9.59 Å². The van der Waals surface area contributed by atoms with Crippen molar-refractivity contribution in [3.63, 3.8) is 0 Å². The lowest BCUT2D eigenvalue weighted by atomic mass is 10.0. The number of anilines is 2. The van der Waals surface area contributed by atoms with E-state index < -0.39 is 11.7 Å². The molecule has 3 aromatic rings. The first-order valence-electron chi connectivity index (χ1n) is 10.6. The van der Waals surface area contributed by atoms with Crippen LogP contribution in [0, 0.1) is 20.8 Å². The molecule has 32 heavy (non-hydrogen) atoms. The van der Waals surface area contributed by atoms with E-state index in [1.54, 1.807) is 18.2 Å². The van der Waals surface area contributed by atoms with E-state index in [-0.39, 0.29) is 5.91 Å². The number of ether oxygens (including phenoxy) is 1. The van der Waals surface area contributed by atoms with E-state index >= 15 is 0 Å². The summed E-state index contributed by atoms with van der Waals surface area (Å²) in [5, 5.41) is 3.30.